The van der Waals surface area contributed by atoms with E-state index in [1.807, 2.05) is 31.2 Å². The van der Waals surface area contributed by atoms with Crippen LogP contribution in [0.3, 0.4) is 0 Å². The molecule has 0 saturated carbocycles. The monoisotopic (exact) mass is 438 g/mol. The van der Waals surface area contributed by atoms with E-state index in [1.165, 1.54) is 17.0 Å². The second-order valence-electron chi connectivity index (χ2n) is 8.77. The Hall–Kier alpha value is -2.73. The summed E-state index contributed by atoms with van der Waals surface area (Å²) in [5.41, 5.74) is 1.77. The van der Waals surface area contributed by atoms with Gasteiger partial charge < -0.3 is 4.74 Å². The highest BCUT2D eigenvalue weighted by atomic mass is 19.1. The summed E-state index contributed by atoms with van der Waals surface area (Å²) in [5, 5.41) is 0. The zero-order valence-electron chi connectivity index (χ0n) is 18.6. The lowest BCUT2D eigenvalue weighted by molar-refractivity contribution is -0.123. The van der Waals surface area contributed by atoms with Crippen LogP contribution in [-0.2, 0) is 16.0 Å². The van der Waals surface area contributed by atoms with Crippen LogP contribution in [0.1, 0.15) is 44.6 Å². The molecule has 0 aliphatic carbocycles. The SMILES string of the molecule is CCCOc1ccc(N2C(=O)C[C@H](N3CCC(CCc4ccc(F)cc4)CC3)C2=O)cc1. The quantitative estimate of drug-likeness (QED) is 0.566. The molecule has 2 heterocycles. The van der Waals surface area contributed by atoms with E-state index in [0.717, 1.165) is 56.5 Å². The Morgan fingerprint density at radius 2 is 1.69 bits per heavy atom. The lowest BCUT2D eigenvalue weighted by atomic mass is 9.90. The van der Waals surface area contributed by atoms with E-state index in [1.54, 1.807) is 12.1 Å². The van der Waals surface area contributed by atoms with Gasteiger partial charge in [0.2, 0.25) is 5.91 Å². The summed E-state index contributed by atoms with van der Waals surface area (Å²) in [5.74, 6) is 0.875. The van der Waals surface area contributed by atoms with E-state index in [-0.39, 0.29) is 30.1 Å². The minimum absolute atomic E-state index is 0.123. The molecule has 2 aliphatic rings. The van der Waals surface area contributed by atoms with Crippen molar-refractivity contribution in [2.75, 3.05) is 24.6 Å². The van der Waals surface area contributed by atoms with Crippen molar-refractivity contribution in [3.8, 4) is 5.75 Å². The minimum atomic E-state index is -0.364. The van der Waals surface area contributed by atoms with E-state index in [4.69, 9.17) is 4.74 Å². The van der Waals surface area contributed by atoms with Crippen LogP contribution in [0.2, 0.25) is 0 Å². The number of anilines is 1. The van der Waals surface area contributed by atoms with E-state index in [9.17, 15) is 14.0 Å². The van der Waals surface area contributed by atoms with E-state index < -0.39 is 0 Å². The first kappa shape index (κ1) is 22.5. The summed E-state index contributed by atoms with van der Waals surface area (Å²) < 4.78 is 18.7. The molecule has 0 N–H and O–H groups in total. The largest absolute Gasteiger partial charge is 0.494 e. The molecule has 6 heteroatoms. The van der Waals surface area contributed by atoms with Crippen LogP contribution in [0.5, 0.6) is 5.75 Å². The molecule has 2 fully saturated rings. The van der Waals surface area contributed by atoms with Gasteiger partial charge in [-0.1, -0.05) is 19.1 Å². The van der Waals surface area contributed by atoms with Crippen molar-refractivity contribution in [1.82, 2.24) is 4.90 Å². The Kier molecular flexibility index (Phi) is 7.20. The molecule has 2 amide bonds. The van der Waals surface area contributed by atoms with Gasteiger partial charge in [0, 0.05) is 0 Å². The number of aryl methyl sites for hydroxylation is 1. The Balaban J connectivity index is 1.30. The number of benzene rings is 2. The Bertz CT molecular complexity index is 921. The van der Waals surface area contributed by atoms with Gasteiger partial charge in [-0.25, -0.2) is 9.29 Å². The van der Waals surface area contributed by atoms with Crippen LogP contribution < -0.4 is 9.64 Å². The van der Waals surface area contributed by atoms with Gasteiger partial charge in [0.1, 0.15) is 11.6 Å². The van der Waals surface area contributed by atoms with Gasteiger partial charge in [-0.05, 0) is 93.1 Å². The first-order valence-electron chi connectivity index (χ1n) is 11.6. The Morgan fingerprint density at radius 1 is 1.00 bits per heavy atom. The third-order valence-corrected chi connectivity index (χ3v) is 6.54. The number of imide groups is 1. The molecule has 5 nitrogen and oxygen atoms in total. The van der Waals surface area contributed by atoms with Crippen molar-refractivity contribution in [3.63, 3.8) is 0 Å². The predicted molar refractivity (Wildman–Crippen MR) is 122 cm³/mol. The number of piperidine rings is 1. The lowest BCUT2D eigenvalue weighted by Crippen LogP contribution is -2.46. The highest BCUT2D eigenvalue weighted by Gasteiger charge is 2.43. The summed E-state index contributed by atoms with van der Waals surface area (Å²) >= 11 is 0. The maximum atomic E-state index is 13.1. The molecule has 2 aliphatic heterocycles. The highest BCUT2D eigenvalue weighted by Crippen LogP contribution is 2.30. The molecule has 2 aromatic rings. The van der Waals surface area contributed by atoms with Gasteiger partial charge in [0.05, 0.1) is 24.8 Å². The molecule has 0 bridgehead atoms. The minimum Gasteiger partial charge on any atom is -0.494 e. The molecular weight excluding hydrogens is 407 g/mol. The molecule has 0 unspecified atom stereocenters. The molecule has 0 radical (unpaired) electrons. The summed E-state index contributed by atoms with van der Waals surface area (Å²) in [7, 11) is 0. The third-order valence-electron chi connectivity index (χ3n) is 6.54. The average Bonchev–Trinajstić information content (AvgIpc) is 3.12. The molecule has 1 atom stereocenters. The first-order chi connectivity index (χ1) is 15.5. The van der Waals surface area contributed by atoms with Crippen molar-refractivity contribution >= 4 is 17.5 Å². The fourth-order valence-corrected chi connectivity index (χ4v) is 4.66. The molecule has 0 aromatic heterocycles. The fourth-order valence-electron chi connectivity index (χ4n) is 4.66. The number of nitrogens with zero attached hydrogens (tertiary/aromatic N) is 2. The van der Waals surface area contributed by atoms with Crippen LogP contribution >= 0.6 is 0 Å². The van der Waals surface area contributed by atoms with Crippen molar-refractivity contribution < 1.29 is 18.7 Å². The summed E-state index contributed by atoms with van der Waals surface area (Å²) in [4.78, 5) is 29.3. The van der Waals surface area contributed by atoms with Crippen molar-refractivity contribution in [2.24, 2.45) is 5.92 Å². The maximum absolute atomic E-state index is 13.1. The van der Waals surface area contributed by atoms with Crippen molar-refractivity contribution in [2.45, 2.75) is 51.5 Å². The summed E-state index contributed by atoms with van der Waals surface area (Å²) in [6.07, 6.45) is 5.21. The molecule has 32 heavy (non-hydrogen) atoms. The number of rotatable bonds is 8. The van der Waals surface area contributed by atoms with Gasteiger partial charge in [0.15, 0.2) is 0 Å². The number of carbonyl (C=O) groups excluding carboxylic acids is 2. The predicted octanol–water partition coefficient (Wildman–Crippen LogP) is 4.59. The number of hydrogen-bond acceptors (Lipinski definition) is 4. The standard InChI is InChI=1S/C26H31FN2O3/c1-2-17-32-23-11-9-22(10-12-23)29-25(30)18-24(26(29)31)28-15-13-20(14-16-28)4-3-19-5-7-21(27)8-6-19/h5-12,20,24H,2-4,13-18H2,1H3/t24-/m0/s1. The number of likely N-dealkylation sites (tertiary alicyclic amines) is 1. The third kappa shape index (κ3) is 5.18. The molecule has 0 spiro atoms. The second kappa shape index (κ2) is 10.3. The molecule has 170 valence electrons. The Morgan fingerprint density at radius 3 is 2.34 bits per heavy atom. The van der Waals surface area contributed by atoms with Crippen molar-refractivity contribution in [1.29, 1.82) is 0 Å². The topological polar surface area (TPSA) is 49.9 Å². The van der Waals surface area contributed by atoms with E-state index in [0.29, 0.717) is 18.2 Å². The second-order valence-corrected chi connectivity index (χ2v) is 8.77. The number of amides is 2. The number of hydrogen-bond donors (Lipinski definition) is 0. The van der Waals surface area contributed by atoms with Crippen LogP contribution in [0.15, 0.2) is 48.5 Å². The van der Waals surface area contributed by atoms with Crippen LogP contribution in [0.25, 0.3) is 0 Å². The first-order valence-corrected chi connectivity index (χ1v) is 11.6. The van der Waals surface area contributed by atoms with Gasteiger partial charge >= 0.3 is 0 Å². The molecule has 4 rings (SSSR count). The van der Waals surface area contributed by atoms with Gasteiger partial charge in [-0.2, -0.15) is 0 Å². The average molecular weight is 439 g/mol. The van der Waals surface area contributed by atoms with Crippen LogP contribution in [-0.4, -0.2) is 42.5 Å². The molecule has 2 aromatic carbocycles. The highest BCUT2D eigenvalue weighted by molar-refractivity contribution is 6.22. The van der Waals surface area contributed by atoms with Crippen molar-refractivity contribution in [3.05, 3.63) is 59.9 Å². The Labute approximate surface area is 189 Å². The van der Waals surface area contributed by atoms with Crippen LogP contribution in [0, 0.1) is 11.7 Å². The zero-order chi connectivity index (χ0) is 22.5. The summed E-state index contributed by atoms with van der Waals surface area (Å²) in [6, 6.07) is 13.6. The zero-order valence-corrected chi connectivity index (χ0v) is 18.6. The molecular formula is C26H31FN2O3. The molecule has 2 saturated heterocycles. The smallest absolute Gasteiger partial charge is 0.251 e. The van der Waals surface area contributed by atoms with Gasteiger partial charge in [0.25, 0.3) is 5.91 Å². The number of ether oxygens (including phenoxy) is 1. The number of carbonyl (C=O) groups is 2. The van der Waals surface area contributed by atoms with E-state index in [2.05, 4.69) is 4.90 Å². The number of halogens is 1. The van der Waals surface area contributed by atoms with Gasteiger partial charge in [-0.15, -0.1) is 0 Å². The van der Waals surface area contributed by atoms with Gasteiger partial charge in [-0.3, -0.25) is 14.5 Å². The fraction of sp³-hybridized carbons (Fsp3) is 0.462. The summed E-state index contributed by atoms with van der Waals surface area (Å²) in [6.45, 7) is 4.35. The normalized spacial score (nSPS) is 20.2. The lowest BCUT2D eigenvalue weighted by Gasteiger charge is -2.34. The van der Waals surface area contributed by atoms with E-state index >= 15 is 0 Å². The van der Waals surface area contributed by atoms with Crippen LogP contribution in [0.4, 0.5) is 10.1 Å². The maximum Gasteiger partial charge on any atom is 0.251 e.